The molecule has 0 radical (unpaired) electrons. The van der Waals surface area contributed by atoms with Crippen LogP contribution < -0.4 is 0 Å². The Hall–Kier alpha value is -1.80. The predicted molar refractivity (Wildman–Crippen MR) is 45.6 cm³/mol. The zero-order chi connectivity index (χ0) is 13.4. The number of alkyl halides is 5. The molecule has 1 rings (SSSR count). The average Bonchev–Trinajstić information content (AvgIpc) is 2.14. The number of pyridine rings is 1. The van der Waals surface area contributed by atoms with Crippen molar-refractivity contribution in [3.63, 3.8) is 0 Å². The third-order valence-electron chi connectivity index (χ3n) is 2.03. The lowest BCUT2D eigenvalue weighted by Crippen LogP contribution is -2.15. The summed E-state index contributed by atoms with van der Waals surface area (Å²) < 4.78 is 62.2. The monoisotopic (exact) mass is 256 g/mol. The second kappa shape index (κ2) is 4.22. The molecule has 0 spiro atoms. The summed E-state index contributed by atoms with van der Waals surface area (Å²) in [6.07, 6.45) is -8.17. The Balaban J connectivity index is 3.59. The Morgan fingerprint density at radius 3 is 2.29 bits per heavy atom. The van der Waals surface area contributed by atoms with Gasteiger partial charge in [0.1, 0.15) is 11.9 Å². The fourth-order valence-electron chi connectivity index (χ4n) is 1.32. The second-order valence-corrected chi connectivity index (χ2v) is 3.08. The summed E-state index contributed by atoms with van der Waals surface area (Å²) >= 11 is 0. The van der Waals surface area contributed by atoms with E-state index in [0.717, 1.165) is 6.92 Å². The van der Waals surface area contributed by atoms with Gasteiger partial charge in [-0.1, -0.05) is 0 Å². The average molecular weight is 256 g/mol. The van der Waals surface area contributed by atoms with Crippen LogP contribution in [-0.2, 0) is 6.18 Å². The molecule has 1 aromatic heterocycles. The SMILES string of the molecule is Cc1c([N+](=O)[O-])cnc(C(F)F)c1C(F)(F)F. The molecule has 17 heavy (non-hydrogen) atoms. The van der Waals surface area contributed by atoms with Crippen LogP contribution in [0.1, 0.15) is 23.2 Å². The third kappa shape index (κ3) is 2.48. The first-order valence-electron chi connectivity index (χ1n) is 4.15. The number of rotatable bonds is 2. The Kier molecular flexibility index (Phi) is 3.30. The van der Waals surface area contributed by atoms with Crippen molar-refractivity contribution in [1.29, 1.82) is 0 Å². The van der Waals surface area contributed by atoms with Gasteiger partial charge in [-0.3, -0.25) is 10.1 Å². The van der Waals surface area contributed by atoms with Crippen molar-refractivity contribution in [2.75, 3.05) is 0 Å². The van der Waals surface area contributed by atoms with Crippen LogP contribution >= 0.6 is 0 Å². The van der Waals surface area contributed by atoms with Crippen molar-refractivity contribution in [3.8, 4) is 0 Å². The minimum absolute atomic E-state index is 0.395. The van der Waals surface area contributed by atoms with Crippen LogP contribution in [0.25, 0.3) is 0 Å². The van der Waals surface area contributed by atoms with Gasteiger partial charge in [0.05, 0.1) is 10.5 Å². The Labute approximate surface area is 91.2 Å². The molecule has 1 aromatic rings. The molecule has 0 amide bonds. The maximum absolute atomic E-state index is 12.5. The second-order valence-electron chi connectivity index (χ2n) is 3.08. The van der Waals surface area contributed by atoms with Gasteiger partial charge >= 0.3 is 6.18 Å². The molecular weight excluding hydrogens is 251 g/mol. The summed E-state index contributed by atoms with van der Waals surface area (Å²) in [5, 5.41) is 10.4. The summed E-state index contributed by atoms with van der Waals surface area (Å²) in [5.41, 5.74) is -5.06. The number of aromatic nitrogens is 1. The van der Waals surface area contributed by atoms with E-state index in [1.165, 1.54) is 0 Å². The fraction of sp³-hybridized carbons (Fsp3) is 0.375. The highest BCUT2D eigenvalue weighted by atomic mass is 19.4. The van der Waals surface area contributed by atoms with E-state index in [9.17, 15) is 32.1 Å². The van der Waals surface area contributed by atoms with Crippen LogP contribution in [0.3, 0.4) is 0 Å². The van der Waals surface area contributed by atoms with Gasteiger partial charge in [-0.25, -0.2) is 13.8 Å². The van der Waals surface area contributed by atoms with Crippen molar-refractivity contribution in [2.45, 2.75) is 19.5 Å². The normalized spacial score (nSPS) is 11.9. The molecule has 0 aliphatic heterocycles. The van der Waals surface area contributed by atoms with Gasteiger partial charge in [0.15, 0.2) is 0 Å². The number of halogens is 5. The molecule has 0 saturated carbocycles. The highest BCUT2D eigenvalue weighted by Crippen LogP contribution is 2.39. The Bertz CT molecular complexity index is 458. The minimum Gasteiger partial charge on any atom is -0.258 e. The molecule has 0 unspecified atom stereocenters. The molecule has 1 heterocycles. The molecule has 0 aliphatic carbocycles. The molecule has 0 bridgehead atoms. The molecule has 0 aromatic carbocycles. The van der Waals surface area contributed by atoms with Crippen molar-refractivity contribution in [2.24, 2.45) is 0 Å². The van der Waals surface area contributed by atoms with Gasteiger partial charge in [0.25, 0.3) is 12.1 Å². The van der Waals surface area contributed by atoms with Crippen LogP contribution in [0.2, 0.25) is 0 Å². The smallest absolute Gasteiger partial charge is 0.258 e. The van der Waals surface area contributed by atoms with E-state index in [2.05, 4.69) is 4.98 Å². The summed E-state index contributed by atoms with van der Waals surface area (Å²) in [5.74, 6) is 0. The van der Waals surface area contributed by atoms with Crippen molar-refractivity contribution in [3.05, 3.63) is 33.1 Å². The summed E-state index contributed by atoms with van der Waals surface area (Å²) in [6.45, 7) is 0.758. The standard InChI is InChI=1S/C8H5F5N2O2/c1-3-4(15(16)17)2-14-6(7(9)10)5(3)8(11,12)13/h2,7H,1H3. The number of hydrogen-bond acceptors (Lipinski definition) is 3. The van der Waals surface area contributed by atoms with E-state index in [1.807, 2.05) is 0 Å². The molecule has 0 saturated heterocycles. The first-order chi connectivity index (χ1) is 7.66. The first kappa shape index (κ1) is 13.3. The van der Waals surface area contributed by atoms with Gasteiger partial charge < -0.3 is 0 Å². The molecule has 0 N–H and O–H groups in total. The van der Waals surface area contributed by atoms with Crippen molar-refractivity contribution < 1.29 is 26.9 Å². The van der Waals surface area contributed by atoms with Crippen LogP contribution in [0.15, 0.2) is 6.20 Å². The molecule has 4 nitrogen and oxygen atoms in total. The zero-order valence-corrected chi connectivity index (χ0v) is 8.26. The van der Waals surface area contributed by atoms with Crippen molar-refractivity contribution >= 4 is 5.69 Å². The predicted octanol–water partition coefficient (Wildman–Crippen LogP) is 3.25. The highest BCUT2D eigenvalue weighted by Gasteiger charge is 2.41. The lowest BCUT2D eigenvalue weighted by molar-refractivity contribution is -0.386. The van der Waals surface area contributed by atoms with Gasteiger partial charge in [-0.15, -0.1) is 0 Å². The highest BCUT2D eigenvalue weighted by molar-refractivity contribution is 5.46. The Morgan fingerprint density at radius 1 is 1.41 bits per heavy atom. The van der Waals surface area contributed by atoms with Crippen LogP contribution in [0.4, 0.5) is 27.6 Å². The van der Waals surface area contributed by atoms with Gasteiger partial charge in [0, 0.05) is 5.56 Å². The van der Waals surface area contributed by atoms with E-state index in [4.69, 9.17) is 0 Å². The molecule has 0 aliphatic rings. The molecule has 94 valence electrons. The van der Waals surface area contributed by atoms with Crippen LogP contribution in [0.5, 0.6) is 0 Å². The van der Waals surface area contributed by atoms with Crippen LogP contribution in [0, 0.1) is 17.0 Å². The van der Waals surface area contributed by atoms with Gasteiger partial charge in [-0.05, 0) is 6.92 Å². The molecule has 0 atom stereocenters. The maximum Gasteiger partial charge on any atom is 0.418 e. The first-order valence-corrected chi connectivity index (χ1v) is 4.15. The van der Waals surface area contributed by atoms with E-state index >= 15 is 0 Å². The van der Waals surface area contributed by atoms with Crippen molar-refractivity contribution in [1.82, 2.24) is 4.98 Å². The number of nitro groups is 1. The number of nitrogens with zero attached hydrogens (tertiary/aromatic N) is 2. The minimum atomic E-state index is -5.12. The third-order valence-corrected chi connectivity index (χ3v) is 2.03. The molecule has 9 heteroatoms. The van der Waals surface area contributed by atoms with Gasteiger partial charge in [0.2, 0.25) is 0 Å². The molecular formula is C8H5F5N2O2. The van der Waals surface area contributed by atoms with Gasteiger partial charge in [-0.2, -0.15) is 13.2 Å². The largest absolute Gasteiger partial charge is 0.418 e. The lowest BCUT2D eigenvalue weighted by Gasteiger charge is -2.13. The molecule has 0 fully saturated rings. The summed E-state index contributed by atoms with van der Waals surface area (Å²) in [4.78, 5) is 12.1. The quantitative estimate of drug-likeness (QED) is 0.463. The topological polar surface area (TPSA) is 56.0 Å². The fourth-order valence-corrected chi connectivity index (χ4v) is 1.32. The maximum atomic E-state index is 12.5. The number of hydrogen-bond donors (Lipinski definition) is 0. The van der Waals surface area contributed by atoms with E-state index in [-0.39, 0.29) is 0 Å². The van der Waals surface area contributed by atoms with Crippen LogP contribution in [-0.4, -0.2) is 9.91 Å². The van der Waals surface area contributed by atoms with E-state index < -0.39 is 40.0 Å². The zero-order valence-electron chi connectivity index (χ0n) is 8.26. The lowest BCUT2D eigenvalue weighted by atomic mass is 10.1. The Morgan fingerprint density at radius 2 is 1.94 bits per heavy atom. The van der Waals surface area contributed by atoms with E-state index in [1.54, 1.807) is 0 Å². The summed E-state index contributed by atoms with van der Waals surface area (Å²) in [7, 11) is 0. The van der Waals surface area contributed by atoms with E-state index in [0.29, 0.717) is 6.20 Å². The summed E-state index contributed by atoms with van der Waals surface area (Å²) in [6, 6.07) is 0.